The molecule has 0 spiro atoms. The second-order valence-corrected chi connectivity index (χ2v) is 8.49. The molecule has 5 heteroatoms. The molecule has 112 valence electrons. The highest BCUT2D eigenvalue weighted by Crippen LogP contribution is 2.33. The smallest absolute Gasteiger partial charge is 0.243 e. The molecule has 1 heterocycles. The van der Waals surface area contributed by atoms with E-state index in [4.69, 9.17) is 5.73 Å². The average Bonchev–Trinajstić information content (AvgIpc) is 2.32. The Bertz CT molecular complexity index is 621. The van der Waals surface area contributed by atoms with Crippen molar-refractivity contribution in [2.45, 2.75) is 45.4 Å². The van der Waals surface area contributed by atoms with Gasteiger partial charge in [-0.1, -0.05) is 13.8 Å². The molecule has 0 amide bonds. The highest BCUT2D eigenvalue weighted by atomic mass is 32.2. The van der Waals surface area contributed by atoms with Crippen molar-refractivity contribution in [2.24, 2.45) is 5.41 Å². The lowest BCUT2D eigenvalue weighted by Gasteiger charge is -2.37. The standard InChI is InChI=1S/C15H24N2O2S/c1-11-8-13(16)12(2)14(9-11)20(18,19)17-7-5-6-15(3,4)10-17/h8-9H,5-7,10,16H2,1-4H3. The maximum absolute atomic E-state index is 12.9. The van der Waals surface area contributed by atoms with Crippen LogP contribution in [0.4, 0.5) is 5.69 Å². The van der Waals surface area contributed by atoms with E-state index in [-0.39, 0.29) is 5.41 Å². The van der Waals surface area contributed by atoms with E-state index in [9.17, 15) is 8.42 Å². The van der Waals surface area contributed by atoms with E-state index in [0.717, 1.165) is 18.4 Å². The van der Waals surface area contributed by atoms with E-state index < -0.39 is 10.0 Å². The van der Waals surface area contributed by atoms with Crippen molar-refractivity contribution in [1.82, 2.24) is 4.31 Å². The van der Waals surface area contributed by atoms with Gasteiger partial charge in [0.1, 0.15) is 0 Å². The van der Waals surface area contributed by atoms with E-state index in [2.05, 4.69) is 13.8 Å². The lowest BCUT2D eigenvalue weighted by molar-refractivity contribution is 0.187. The molecule has 0 radical (unpaired) electrons. The second-order valence-electron chi connectivity index (χ2n) is 6.58. The van der Waals surface area contributed by atoms with Crippen molar-refractivity contribution in [2.75, 3.05) is 18.8 Å². The van der Waals surface area contributed by atoms with Gasteiger partial charge >= 0.3 is 0 Å². The number of sulfonamides is 1. The van der Waals surface area contributed by atoms with Crippen molar-refractivity contribution < 1.29 is 8.42 Å². The first-order chi connectivity index (χ1) is 9.13. The van der Waals surface area contributed by atoms with E-state index in [1.165, 1.54) is 0 Å². The largest absolute Gasteiger partial charge is 0.398 e. The molecule has 2 N–H and O–H groups in total. The van der Waals surface area contributed by atoms with Crippen LogP contribution >= 0.6 is 0 Å². The molecule has 0 saturated carbocycles. The van der Waals surface area contributed by atoms with E-state index in [0.29, 0.717) is 29.2 Å². The van der Waals surface area contributed by atoms with Crippen molar-refractivity contribution >= 4 is 15.7 Å². The molecule has 20 heavy (non-hydrogen) atoms. The van der Waals surface area contributed by atoms with Crippen LogP contribution in [0, 0.1) is 19.3 Å². The Morgan fingerprint density at radius 1 is 1.25 bits per heavy atom. The van der Waals surface area contributed by atoms with E-state index in [1.54, 1.807) is 17.3 Å². The van der Waals surface area contributed by atoms with Gasteiger partial charge in [-0.15, -0.1) is 0 Å². The topological polar surface area (TPSA) is 63.4 Å². The lowest BCUT2D eigenvalue weighted by Crippen LogP contribution is -2.43. The van der Waals surface area contributed by atoms with Gasteiger partial charge in [0.15, 0.2) is 0 Å². The summed E-state index contributed by atoms with van der Waals surface area (Å²) in [6.45, 7) is 9.05. The van der Waals surface area contributed by atoms with Crippen LogP contribution in [0.25, 0.3) is 0 Å². The Labute approximate surface area is 122 Å². The SMILES string of the molecule is Cc1cc(N)c(C)c(S(=O)(=O)N2CCCC(C)(C)C2)c1. The van der Waals surface area contributed by atoms with Gasteiger partial charge in [0.05, 0.1) is 4.90 Å². The number of hydrogen-bond acceptors (Lipinski definition) is 3. The zero-order valence-electron chi connectivity index (χ0n) is 12.7. The number of aryl methyl sites for hydroxylation is 1. The summed E-state index contributed by atoms with van der Waals surface area (Å²) >= 11 is 0. The number of nitrogens with two attached hydrogens (primary N) is 1. The fraction of sp³-hybridized carbons (Fsp3) is 0.600. The number of benzene rings is 1. The molecule has 1 aromatic rings. The second kappa shape index (κ2) is 5.04. The van der Waals surface area contributed by atoms with Crippen molar-refractivity contribution in [3.63, 3.8) is 0 Å². The highest BCUT2D eigenvalue weighted by Gasteiger charge is 2.35. The van der Waals surface area contributed by atoms with Crippen LogP contribution in [0.2, 0.25) is 0 Å². The fourth-order valence-corrected chi connectivity index (χ4v) is 4.84. The molecule has 2 rings (SSSR count). The summed E-state index contributed by atoms with van der Waals surface area (Å²) < 4.78 is 27.4. The summed E-state index contributed by atoms with van der Waals surface area (Å²) in [4.78, 5) is 0.354. The summed E-state index contributed by atoms with van der Waals surface area (Å²) in [6.07, 6.45) is 1.97. The number of nitrogen functional groups attached to an aromatic ring is 1. The van der Waals surface area contributed by atoms with Crippen molar-refractivity contribution in [3.05, 3.63) is 23.3 Å². The predicted octanol–water partition coefficient (Wildman–Crippen LogP) is 2.70. The molecule has 0 aliphatic carbocycles. The van der Waals surface area contributed by atoms with Gasteiger partial charge in [0, 0.05) is 18.8 Å². The first-order valence-electron chi connectivity index (χ1n) is 7.00. The van der Waals surface area contributed by atoms with Crippen LogP contribution in [-0.2, 0) is 10.0 Å². The molecule has 0 bridgehead atoms. The van der Waals surface area contributed by atoms with Crippen molar-refractivity contribution in [1.29, 1.82) is 0 Å². The molecular formula is C15H24N2O2S. The number of nitrogens with zero attached hydrogens (tertiary/aromatic N) is 1. The maximum atomic E-state index is 12.9. The summed E-state index contributed by atoms with van der Waals surface area (Å²) in [5.74, 6) is 0. The van der Waals surface area contributed by atoms with Gasteiger partial charge in [-0.2, -0.15) is 4.31 Å². The van der Waals surface area contributed by atoms with Gasteiger partial charge in [0.2, 0.25) is 10.0 Å². The summed E-state index contributed by atoms with van der Waals surface area (Å²) in [7, 11) is -3.46. The summed E-state index contributed by atoms with van der Waals surface area (Å²) in [6, 6.07) is 3.54. The Morgan fingerprint density at radius 2 is 1.90 bits per heavy atom. The molecule has 4 nitrogen and oxygen atoms in total. The van der Waals surface area contributed by atoms with Crippen LogP contribution in [0.15, 0.2) is 17.0 Å². The molecule has 1 aromatic carbocycles. The molecule has 0 atom stereocenters. The molecular weight excluding hydrogens is 272 g/mol. The van der Waals surface area contributed by atoms with Gasteiger partial charge in [-0.05, 0) is 55.4 Å². The first-order valence-corrected chi connectivity index (χ1v) is 8.44. The van der Waals surface area contributed by atoms with Gasteiger partial charge in [-0.3, -0.25) is 0 Å². The van der Waals surface area contributed by atoms with Crippen LogP contribution in [0.1, 0.15) is 37.8 Å². The Kier molecular flexibility index (Phi) is 3.86. The molecule has 0 unspecified atom stereocenters. The average molecular weight is 296 g/mol. The third kappa shape index (κ3) is 2.83. The molecule has 1 aliphatic heterocycles. The minimum absolute atomic E-state index is 0.0363. The van der Waals surface area contributed by atoms with Crippen molar-refractivity contribution in [3.8, 4) is 0 Å². The minimum atomic E-state index is -3.46. The molecule has 1 aliphatic rings. The van der Waals surface area contributed by atoms with E-state index >= 15 is 0 Å². The summed E-state index contributed by atoms with van der Waals surface area (Å²) in [5.41, 5.74) is 8.03. The number of rotatable bonds is 2. The zero-order valence-corrected chi connectivity index (χ0v) is 13.5. The third-order valence-corrected chi connectivity index (χ3v) is 6.00. The Hall–Kier alpha value is -1.07. The van der Waals surface area contributed by atoms with Gasteiger partial charge in [-0.25, -0.2) is 8.42 Å². The van der Waals surface area contributed by atoms with Crippen LogP contribution in [0.3, 0.4) is 0 Å². The highest BCUT2D eigenvalue weighted by molar-refractivity contribution is 7.89. The van der Waals surface area contributed by atoms with Crippen LogP contribution in [0.5, 0.6) is 0 Å². The Morgan fingerprint density at radius 3 is 2.50 bits per heavy atom. The number of anilines is 1. The Balaban J connectivity index is 2.46. The van der Waals surface area contributed by atoms with E-state index in [1.807, 2.05) is 13.0 Å². The minimum Gasteiger partial charge on any atom is -0.398 e. The first kappa shape index (κ1) is 15.3. The molecule has 0 aromatic heterocycles. The quantitative estimate of drug-likeness (QED) is 0.853. The summed E-state index contributed by atoms with van der Waals surface area (Å²) in [5, 5.41) is 0. The number of hydrogen-bond donors (Lipinski definition) is 1. The predicted molar refractivity (Wildman–Crippen MR) is 82.1 cm³/mol. The normalized spacial score (nSPS) is 20.0. The fourth-order valence-electron chi connectivity index (χ4n) is 2.83. The zero-order chi connectivity index (χ0) is 15.1. The third-order valence-electron chi connectivity index (χ3n) is 4.03. The molecule has 1 fully saturated rings. The lowest BCUT2D eigenvalue weighted by atomic mass is 9.85. The van der Waals surface area contributed by atoms with Gasteiger partial charge in [0.25, 0.3) is 0 Å². The monoisotopic (exact) mass is 296 g/mol. The van der Waals surface area contributed by atoms with Crippen LogP contribution < -0.4 is 5.73 Å². The number of piperidine rings is 1. The molecule has 1 saturated heterocycles. The van der Waals surface area contributed by atoms with Crippen LogP contribution in [-0.4, -0.2) is 25.8 Å². The maximum Gasteiger partial charge on any atom is 0.243 e. The van der Waals surface area contributed by atoms with Gasteiger partial charge < -0.3 is 5.73 Å².